The molecule has 2 amide bonds. The lowest BCUT2D eigenvalue weighted by atomic mass is 10.1. The Morgan fingerprint density at radius 1 is 1.12 bits per heavy atom. The Hall–Kier alpha value is -3.15. The number of hydrazine groups is 1. The summed E-state index contributed by atoms with van der Waals surface area (Å²) in [5.74, 6) is -1.68. The molecule has 0 fully saturated rings. The minimum absolute atomic E-state index is 0.0306. The summed E-state index contributed by atoms with van der Waals surface area (Å²) >= 11 is 0. The predicted octanol–water partition coefficient (Wildman–Crippen LogP) is 3.02. The summed E-state index contributed by atoms with van der Waals surface area (Å²) in [6.07, 6.45) is 2.92. The molecule has 0 saturated heterocycles. The molecule has 2 aromatic carbocycles. The van der Waals surface area contributed by atoms with E-state index in [0.717, 1.165) is 12.0 Å². The first-order valence-corrected chi connectivity index (χ1v) is 8.27. The van der Waals surface area contributed by atoms with Crippen molar-refractivity contribution in [2.24, 2.45) is 0 Å². The minimum Gasteiger partial charge on any atom is -0.478 e. The molecule has 0 saturated carbocycles. The van der Waals surface area contributed by atoms with Crippen LogP contribution in [0.2, 0.25) is 0 Å². The molecule has 0 aliphatic rings. The van der Waals surface area contributed by atoms with Gasteiger partial charge in [-0.1, -0.05) is 43.3 Å². The van der Waals surface area contributed by atoms with Gasteiger partial charge in [-0.2, -0.15) is 0 Å². The maximum Gasteiger partial charge on any atom is 0.279 e. The normalized spacial score (nSPS) is 11.8. The van der Waals surface area contributed by atoms with Crippen molar-refractivity contribution in [1.29, 1.82) is 0 Å². The van der Waals surface area contributed by atoms with E-state index < -0.39 is 23.7 Å². The maximum absolute atomic E-state index is 13.5. The highest BCUT2D eigenvalue weighted by Gasteiger charge is 2.16. The first-order chi connectivity index (χ1) is 12.5. The average molecular weight is 356 g/mol. The van der Waals surface area contributed by atoms with Crippen LogP contribution in [0.1, 0.15) is 25.0 Å². The Morgan fingerprint density at radius 3 is 2.46 bits per heavy atom. The third-order valence-corrected chi connectivity index (χ3v) is 3.63. The van der Waals surface area contributed by atoms with Crippen molar-refractivity contribution < 1.29 is 18.7 Å². The van der Waals surface area contributed by atoms with Crippen LogP contribution in [0.4, 0.5) is 4.39 Å². The highest BCUT2D eigenvalue weighted by Crippen LogP contribution is 2.16. The molecule has 1 atom stereocenters. The molecular weight excluding hydrogens is 335 g/mol. The third-order valence-electron chi connectivity index (χ3n) is 3.63. The molecule has 0 spiro atoms. The van der Waals surface area contributed by atoms with E-state index in [2.05, 4.69) is 17.8 Å². The molecule has 0 radical (unpaired) electrons. The molecule has 2 aromatic rings. The fourth-order valence-corrected chi connectivity index (χ4v) is 2.09. The lowest BCUT2D eigenvalue weighted by Gasteiger charge is -2.15. The van der Waals surface area contributed by atoms with Crippen LogP contribution in [0, 0.1) is 5.82 Å². The summed E-state index contributed by atoms with van der Waals surface area (Å²) in [4.78, 5) is 23.7. The van der Waals surface area contributed by atoms with Crippen LogP contribution in [0.25, 0.3) is 6.08 Å². The Morgan fingerprint density at radius 2 is 1.81 bits per heavy atom. The van der Waals surface area contributed by atoms with E-state index in [9.17, 15) is 14.0 Å². The number of aryl methyl sites for hydroxylation is 1. The number of rotatable bonds is 6. The Kier molecular flexibility index (Phi) is 6.91. The number of carbonyl (C=O) groups is 2. The molecule has 5 nitrogen and oxygen atoms in total. The number of amides is 2. The molecular formula is C20H21FN2O3. The van der Waals surface area contributed by atoms with Crippen LogP contribution in [-0.4, -0.2) is 17.9 Å². The van der Waals surface area contributed by atoms with Gasteiger partial charge >= 0.3 is 0 Å². The molecule has 26 heavy (non-hydrogen) atoms. The van der Waals surface area contributed by atoms with Crippen molar-refractivity contribution in [2.75, 3.05) is 0 Å². The topological polar surface area (TPSA) is 67.4 Å². The highest BCUT2D eigenvalue weighted by atomic mass is 19.1. The number of benzene rings is 2. The highest BCUT2D eigenvalue weighted by molar-refractivity contribution is 5.93. The fraction of sp³-hybridized carbons (Fsp3) is 0.200. The summed E-state index contributed by atoms with van der Waals surface area (Å²) in [5.41, 5.74) is 6.58. The molecule has 2 rings (SSSR count). The maximum atomic E-state index is 13.5. The van der Waals surface area contributed by atoms with E-state index in [0.29, 0.717) is 0 Å². The second-order valence-corrected chi connectivity index (χ2v) is 5.60. The summed E-state index contributed by atoms with van der Waals surface area (Å²) in [5, 5.41) is 0. The summed E-state index contributed by atoms with van der Waals surface area (Å²) in [6, 6.07) is 13.6. The van der Waals surface area contributed by atoms with E-state index in [1.165, 1.54) is 36.8 Å². The average Bonchev–Trinajstić information content (AvgIpc) is 2.66. The molecule has 136 valence electrons. The van der Waals surface area contributed by atoms with Gasteiger partial charge < -0.3 is 4.74 Å². The zero-order chi connectivity index (χ0) is 18.9. The van der Waals surface area contributed by atoms with E-state index in [1.807, 2.05) is 24.3 Å². The van der Waals surface area contributed by atoms with E-state index >= 15 is 0 Å². The van der Waals surface area contributed by atoms with Crippen LogP contribution >= 0.6 is 0 Å². The minimum atomic E-state index is -0.974. The largest absolute Gasteiger partial charge is 0.478 e. The number of halogens is 1. The second kappa shape index (κ2) is 9.36. The van der Waals surface area contributed by atoms with Crippen molar-refractivity contribution in [1.82, 2.24) is 10.9 Å². The van der Waals surface area contributed by atoms with Crippen LogP contribution in [0.5, 0.6) is 5.75 Å². The molecule has 0 heterocycles. The van der Waals surface area contributed by atoms with Crippen molar-refractivity contribution >= 4 is 17.9 Å². The molecule has 0 aliphatic heterocycles. The summed E-state index contributed by atoms with van der Waals surface area (Å²) < 4.78 is 18.7. The molecule has 2 N–H and O–H groups in total. The van der Waals surface area contributed by atoms with Gasteiger partial charge in [0, 0.05) is 6.08 Å². The van der Waals surface area contributed by atoms with Crippen molar-refractivity contribution in [3.05, 3.63) is 71.6 Å². The Bertz CT molecular complexity index is 788. The quantitative estimate of drug-likeness (QED) is 0.618. The summed E-state index contributed by atoms with van der Waals surface area (Å²) in [7, 11) is 0. The van der Waals surface area contributed by atoms with Gasteiger partial charge in [-0.05, 0) is 42.7 Å². The summed E-state index contributed by atoms with van der Waals surface area (Å²) in [6.45, 7) is 3.52. The van der Waals surface area contributed by atoms with E-state index in [1.54, 1.807) is 12.1 Å². The van der Waals surface area contributed by atoms with Gasteiger partial charge in [-0.3, -0.25) is 20.4 Å². The monoisotopic (exact) mass is 356 g/mol. The van der Waals surface area contributed by atoms with Gasteiger partial charge in [0.1, 0.15) is 0 Å². The fourth-order valence-electron chi connectivity index (χ4n) is 2.09. The van der Waals surface area contributed by atoms with Crippen LogP contribution < -0.4 is 15.6 Å². The van der Waals surface area contributed by atoms with Gasteiger partial charge in [0.05, 0.1) is 0 Å². The zero-order valence-electron chi connectivity index (χ0n) is 14.7. The van der Waals surface area contributed by atoms with Crippen molar-refractivity contribution in [3.8, 4) is 5.75 Å². The SMILES string of the molecule is CCc1ccc(/C=C/C(=O)NNC(=O)[C@H](C)Oc2ccccc2F)cc1. The van der Waals surface area contributed by atoms with Gasteiger partial charge in [-0.15, -0.1) is 0 Å². The number of ether oxygens (including phenoxy) is 1. The first-order valence-electron chi connectivity index (χ1n) is 8.27. The van der Waals surface area contributed by atoms with Crippen LogP contribution in [0.3, 0.4) is 0 Å². The van der Waals surface area contributed by atoms with Gasteiger partial charge in [0.25, 0.3) is 11.8 Å². The standard InChI is InChI=1S/C20H21FN2O3/c1-3-15-8-10-16(11-9-15)12-13-19(24)22-23-20(25)14(2)26-18-7-5-4-6-17(18)21/h4-14H,3H2,1-2H3,(H,22,24)(H,23,25)/b13-12+/t14-/m0/s1. The third kappa shape index (κ3) is 5.73. The smallest absolute Gasteiger partial charge is 0.279 e. The lowest BCUT2D eigenvalue weighted by Crippen LogP contribution is -2.46. The van der Waals surface area contributed by atoms with E-state index in [-0.39, 0.29) is 5.75 Å². The van der Waals surface area contributed by atoms with E-state index in [4.69, 9.17) is 4.74 Å². The molecule has 0 aromatic heterocycles. The van der Waals surface area contributed by atoms with Crippen LogP contribution in [-0.2, 0) is 16.0 Å². The zero-order valence-corrected chi connectivity index (χ0v) is 14.7. The predicted molar refractivity (Wildman–Crippen MR) is 97.6 cm³/mol. The molecule has 0 bridgehead atoms. The number of para-hydroxylation sites is 1. The lowest BCUT2D eigenvalue weighted by molar-refractivity contribution is -0.131. The Labute approximate surface area is 151 Å². The van der Waals surface area contributed by atoms with Crippen molar-refractivity contribution in [2.45, 2.75) is 26.4 Å². The van der Waals surface area contributed by atoms with Gasteiger partial charge in [-0.25, -0.2) is 4.39 Å². The van der Waals surface area contributed by atoms with Crippen molar-refractivity contribution in [3.63, 3.8) is 0 Å². The number of carbonyl (C=O) groups excluding carboxylic acids is 2. The first kappa shape index (κ1) is 19.2. The molecule has 6 heteroatoms. The number of hydrogen-bond acceptors (Lipinski definition) is 3. The Balaban J connectivity index is 1.81. The van der Waals surface area contributed by atoms with Crippen LogP contribution in [0.15, 0.2) is 54.6 Å². The molecule has 0 aliphatic carbocycles. The molecule has 0 unspecified atom stereocenters. The number of hydrogen-bond donors (Lipinski definition) is 2. The number of nitrogens with one attached hydrogen (secondary N) is 2. The second-order valence-electron chi connectivity index (χ2n) is 5.60. The van der Waals surface area contributed by atoms with Gasteiger partial charge in [0.15, 0.2) is 17.7 Å². The van der Waals surface area contributed by atoms with Gasteiger partial charge in [0.2, 0.25) is 0 Å².